The molecule has 0 bridgehead atoms. The Morgan fingerprint density at radius 3 is 2.85 bits per heavy atom. The molecule has 2 heterocycles. The fraction of sp³-hybridized carbons (Fsp3) is 0.0952. The van der Waals surface area contributed by atoms with Gasteiger partial charge in [-0.3, -0.25) is 4.79 Å². The molecule has 1 aliphatic heterocycles. The topological polar surface area (TPSA) is 78.8 Å². The molecule has 0 amide bonds. The van der Waals surface area contributed by atoms with E-state index in [1.54, 1.807) is 24.3 Å². The Kier molecular flexibility index (Phi) is 3.86. The van der Waals surface area contributed by atoms with Gasteiger partial charge in [-0.2, -0.15) is 5.26 Å². The number of hydrogen-bond donors (Lipinski definition) is 1. The Hall–Kier alpha value is -3.65. The summed E-state index contributed by atoms with van der Waals surface area (Å²) in [4.78, 5) is 19.4. The van der Waals surface area contributed by atoms with Crippen molar-refractivity contribution in [3.8, 4) is 11.8 Å². The molecule has 126 valence electrons. The number of ether oxygens (including phenoxy) is 1. The third-order valence-corrected chi connectivity index (χ3v) is 4.31. The van der Waals surface area contributed by atoms with E-state index in [0.717, 1.165) is 16.9 Å². The molecule has 0 saturated heterocycles. The molecule has 3 aromatic rings. The number of H-pyrrole nitrogens is 1. The summed E-state index contributed by atoms with van der Waals surface area (Å²) in [6.07, 6.45) is 3.49. The van der Waals surface area contributed by atoms with Gasteiger partial charge in [0.25, 0.3) is 5.56 Å². The van der Waals surface area contributed by atoms with Gasteiger partial charge in [0.2, 0.25) is 0 Å². The second kappa shape index (κ2) is 6.34. The molecule has 0 aliphatic carbocycles. The van der Waals surface area contributed by atoms with Crippen molar-refractivity contribution in [2.75, 3.05) is 0 Å². The Morgan fingerprint density at radius 1 is 1.23 bits per heavy atom. The molecule has 4 rings (SSSR count). The number of hydrogen-bond acceptors (Lipinski definition) is 4. The fourth-order valence-corrected chi connectivity index (χ4v) is 2.96. The van der Waals surface area contributed by atoms with E-state index in [0.29, 0.717) is 10.9 Å². The van der Waals surface area contributed by atoms with E-state index < -0.39 is 0 Å². The summed E-state index contributed by atoms with van der Waals surface area (Å²) in [6, 6.07) is 16.9. The van der Waals surface area contributed by atoms with Crippen LogP contribution in [0.4, 0.5) is 0 Å². The van der Waals surface area contributed by atoms with Crippen molar-refractivity contribution in [2.24, 2.45) is 0 Å². The summed E-state index contributed by atoms with van der Waals surface area (Å²) in [5, 5.41) is 10.1. The highest BCUT2D eigenvalue weighted by atomic mass is 16.5. The van der Waals surface area contributed by atoms with Gasteiger partial charge in [-0.05, 0) is 42.8 Å². The Bertz CT molecular complexity index is 1170. The van der Waals surface area contributed by atoms with Gasteiger partial charge in [0.15, 0.2) is 5.82 Å². The molecular weight excluding hydrogens is 326 g/mol. The number of allylic oxidation sites excluding steroid dienone is 1. The van der Waals surface area contributed by atoms with Crippen LogP contribution in [0.2, 0.25) is 0 Å². The number of benzene rings is 2. The number of rotatable bonds is 2. The highest BCUT2D eigenvalue weighted by molar-refractivity contribution is 5.83. The minimum atomic E-state index is -0.265. The highest BCUT2D eigenvalue weighted by Crippen LogP contribution is 2.30. The number of fused-ring (bicyclic) bond motifs is 2. The zero-order chi connectivity index (χ0) is 18.1. The van der Waals surface area contributed by atoms with Crippen LogP contribution in [0, 0.1) is 11.3 Å². The zero-order valence-corrected chi connectivity index (χ0v) is 14.1. The van der Waals surface area contributed by atoms with Gasteiger partial charge in [0.05, 0.1) is 16.5 Å². The number of para-hydroxylation sites is 2. The van der Waals surface area contributed by atoms with Crippen molar-refractivity contribution in [1.29, 1.82) is 5.26 Å². The van der Waals surface area contributed by atoms with E-state index in [1.807, 2.05) is 43.3 Å². The van der Waals surface area contributed by atoms with Crippen molar-refractivity contribution in [3.05, 3.63) is 81.9 Å². The standard InChI is InChI=1S/C21H15N3O2/c1-13-15(10-14-6-2-5-9-19(14)26-13)11-16(12-22)20-23-18-8-4-3-7-17(18)21(25)24-20/h2-11,13H,1H3,(H,23,24,25). The number of aromatic amines is 1. The third-order valence-electron chi connectivity index (χ3n) is 4.31. The molecule has 0 fully saturated rings. The van der Waals surface area contributed by atoms with Crippen molar-refractivity contribution >= 4 is 22.6 Å². The van der Waals surface area contributed by atoms with E-state index >= 15 is 0 Å². The fourth-order valence-electron chi connectivity index (χ4n) is 2.96. The average molecular weight is 341 g/mol. The Labute approximate surface area is 149 Å². The number of aromatic nitrogens is 2. The van der Waals surface area contributed by atoms with Crippen LogP contribution in [-0.4, -0.2) is 16.1 Å². The second-order valence-electron chi connectivity index (χ2n) is 6.04. The van der Waals surface area contributed by atoms with Crippen LogP contribution in [0.5, 0.6) is 5.75 Å². The van der Waals surface area contributed by atoms with Gasteiger partial charge in [-0.25, -0.2) is 4.98 Å². The maximum Gasteiger partial charge on any atom is 0.259 e. The van der Waals surface area contributed by atoms with Gasteiger partial charge in [-0.1, -0.05) is 30.3 Å². The third kappa shape index (κ3) is 2.78. The lowest BCUT2D eigenvalue weighted by atomic mass is 10.00. The largest absolute Gasteiger partial charge is 0.485 e. The lowest BCUT2D eigenvalue weighted by Gasteiger charge is -2.23. The van der Waals surface area contributed by atoms with Crippen molar-refractivity contribution < 1.29 is 4.74 Å². The number of nitrogens with one attached hydrogen (secondary N) is 1. The van der Waals surface area contributed by atoms with E-state index in [1.165, 1.54) is 0 Å². The molecule has 5 heteroatoms. The molecule has 1 atom stereocenters. The van der Waals surface area contributed by atoms with Crippen molar-refractivity contribution in [1.82, 2.24) is 9.97 Å². The summed E-state index contributed by atoms with van der Waals surface area (Å²) in [5.74, 6) is 1.07. The molecule has 1 aliphatic rings. The number of nitrogens with zero attached hydrogens (tertiary/aromatic N) is 2. The van der Waals surface area contributed by atoms with Crippen molar-refractivity contribution in [2.45, 2.75) is 13.0 Å². The first kappa shape index (κ1) is 15.9. The lowest BCUT2D eigenvalue weighted by Crippen LogP contribution is -2.18. The molecule has 1 N–H and O–H groups in total. The van der Waals surface area contributed by atoms with E-state index in [2.05, 4.69) is 16.0 Å². The van der Waals surface area contributed by atoms with Gasteiger partial charge in [0, 0.05) is 5.56 Å². The zero-order valence-electron chi connectivity index (χ0n) is 14.1. The van der Waals surface area contributed by atoms with Crippen LogP contribution < -0.4 is 10.3 Å². The predicted octanol–water partition coefficient (Wildman–Crippen LogP) is 3.69. The summed E-state index contributed by atoms with van der Waals surface area (Å²) in [7, 11) is 0. The van der Waals surface area contributed by atoms with Gasteiger partial charge in [0.1, 0.15) is 17.9 Å². The molecule has 1 aromatic heterocycles. The second-order valence-corrected chi connectivity index (χ2v) is 6.04. The highest BCUT2D eigenvalue weighted by Gasteiger charge is 2.18. The van der Waals surface area contributed by atoms with E-state index in [9.17, 15) is 10.1 Å². The number of nitriles is 1. The van der Waals surface area contributed by atoms with Gasteiger partial charge < -0.3 is 9.72 Å². The van der Waals surface area contributed by atoms with Crippen LogP contribution in [0.3, 0.4) is 0 Å². The SMILES string of the molecule is CC1Oc2ccccc2C=C1C=C(C#N)c1nc2ccccc2c(=O)[nH]1. The van der Waals surface area contributed by atoms with Gasteiger partial charge in [-0.15, -0.1) is 0 Å². The average Bonchev–Trinajstić information content (AvgIpc) is 2.66. The van der Waals surface area contributed by atoms with Crippen LogP contribution >= 0.6 is 0 Å². The Morgan fingerprint density at radius 2 is 2.00 bits per heavy atom. The van der Waals surface area contributed by atoms with Gasteiger partial charge >= 0.3 is 0 Å². The monoisotopic (exact) mass is 341 g/mol. The predicted molar refractivity (Wildman–Crippen MR) is 100 cm³/mol. The first-order valence-electron chi connectivity index (χ1n) is 8.24. The van der Waals surface area contributed by atoms with Crippen molar-refractivity contribution in [3.63, 3.8) is 0 Å². The molecule has 1 unspecified atom stereocenters. The Balaban J connectivity index is 1.82. The minimum Gasteiger partial charge on any atom is -0.485 e. The summed E-state index contributed by atoms with van der Waals surface area (Å²) in [6.45, 7) is 1.92. The molecular formula is C21H15N3O2. The maximum absolute atomic E-state index is 12.3. The molecule has 5 nitrogen and oxygen atoms in total. The van der Waals surface area contributed by atoms with Crippen LogP contribution in [-0.2, 0) is 0 Å². The summed E-state index contributed by atoms with van der Waals surface area (Å²) < 4.78 is 5.91. The molecule has 0 saturated carbocycles. The molecule has 2 aromatic carbocycles. The van der Waals surface area contributed by atoms with Crippen LogP contribution in [0.1, 0.15) is 18.3 Å². The summed E-state index contributed by atoms with van der Waals surface area (Å²) >= 11 is 0. The van der Waals surface area contributed by atoms with E-state index in [4.69, 9.17) is 4.74 Å². The molecule has 0 spiro atoms. The smallest absolute Gasteiger partial charge is 0.259 e. The first-order chi connectivity index (χ1) is 12.7. The maximum atomic E-state index is 12.3. The van der Waals surface area contributed by atoms with Crippen LogP contribution in [0.25, 0.3) is 22.6 Å². The van der Waals surface area contributed by atoms with Crippen LogP contribution in [0.15, 0.2) is 65.0 Å². The van der Waals surface area contributed by atoms with E-state index in [-0.39, 0.29) is 23.1 Å². The first-order valence-corrected chi connectivity index (χ1v) is 8.24. The minimum absolute atomic E-state index is 0.208. The quantitative estimate of drug-likeness (QED) is 0.721. The molecule has 26 heavy (non-hydrogen) atoms. The lowest BCUT2D eigenvalue weighted by molar-refractivity contribution is 0.257. The normalized spacial score (nSPS) is 16.4. The summed E-state index contributed by atoms with van der Waals surface area (Å²) in [5.41, 5.74) is 2.37. The molecule has 0 radical (unpaired) electrons.